The Kier molecular flexibility index (Phi) is 5.28. The molecule has 5 rings (SSSR count). The second-order valence-corrected chi connectivity index (χ2v) is 9.08. The predicted octanol–water partition coefficient (Wildman–Crippen LogP) is 4.21. The zero-order valence-corrected chi connectivity index (χ0v) is 18.2. The first-order valence-electron chi connectivity index (χ1n) is 10.9. The molecule has 2 fully saturated rings. The van der Waals surface area contributed by atoms with Crippen molar-refractivity contribution in [3.63, 3.8) is 0 Å². The molecule has 31 heavy (non-hydrogen) atoms. The van der Waals surface area contributed by atoms with Crippen LogP contribution in [0.4, 0.5) is 4.39 Å². The highest BCUT2D eigenvalue weighted by molar-refractivity contribution is 5.65. The lowest BCUT2D eigenvalue weighted by Gasteiger charge is -2.23. The van der Waals surface area contributed by atoms with Crippen LogP contribution in [0.5, 0.6) is 5.75 Å². The quantitative estimate of drug-likeness (QED) is 0.619. The maximum Gasteiger partial charge on any atom is 0.136 e. The van der Waals surface area contributed by atoms with Gasteiger partial charge in [0.25, 0.3) is 0 Å². The summed E-state index contributed by atoms with van der Waals surface area (Å²) >= 11 is 0. The van der Waals surface area contributed by atoms with Gasteiger partial charge in [0.15, 0.2) is 0 Å². The van der Waals surface area contributed by atoms with Crippen LogP contribution in [-0.2, 0) is 6.54 Å². The molecule has 0 bridgehead atoms. The molecule has 2 aromatic carbocycles. The number of benzene rings is 2. The number of methoxy groups -OCH3 is 1. The third-order valence-corrected chi connectivity index (χ3v) is 6.78. The van der Waals surface area contributed by atoms with E-state index in [9.17, 15) is 4.39 Å². The molecule has 1 atom stereocenters. The van der Waals surface area contributed by atoms with Crippen LogP contribution in [0.2, 0.25) is 0 Å². The number of para-hydroxylation sites is 1. The first-order chi connectivity index (χ1) is 15.0. The Labute approximate surface area is 183 Å². The molecule has 162 valence electrons. The first-order valence-corrected chi connectivity index (χ1v) is 10.9. The Morgan fingerprint density at radius 3 is 2.58 bits per heavy atom. The number of halogens is 1. The molecule has 6 heteroatoms. The molecule has 5 nitrogen and oxygen atoms in total. The summed E-state index contributed by atoms with van der Waals surface area (Å²) in [6.45, 7) is 5.31. The van der Waals surface area contributed by atoms with Gasteiger partial charge in [0.2, 0.25) is 0 Å². The van der Waals surface area contributed by atoms with Crippen molar-refractivity contribution in [1.82, 2.24) is 19.6 Å². The van der Waals surface area contributed by atoms with E-state index in [1.807, 2.05) is 35.0 Å². The van der Waals surface area contributed by atoms with E-state index in [-0.39, 0.29) is 5.82 Å². The van der Waals surface area contributed by atoms with Gasteiger partial charge in [-0.1, -0.05) is 18.2 Å². The molecule has 2 saturated heterocycles. The zero-order valence-electron chi connectivity index (χ0n) is 18.2. The molecule has 2 aliphatic heterocycles. The van der Waals surface area contributed by atoms with E-state index >= 15 is 0 Å². The van der Waals surface area contributed by atoms with Crippen LogP contribution >= 0.6 is 0 Å². The summed E-state index contributed by atoms with van der Waals surface area (Å²) in [5.41, 5.74) is 3.65. The summed E-state index contributed by atoms with van der Waals surface area (Å²) in [5, 5.41) is 4.81. The van der Waals surface area contributed by atoms with E-state index in [1.54, 1.807) is 19.2 Å². The van der Waals surface area contributed by atoms with Crippen molar-refractivity contribution in [1.29, 1.82) is 0 Å². The van der Waals surface area contributed by atoms with Crippen LogP contribution in [-0.4, -0.2) is 59.9 Å². The summed E-state index contributed by atoms with van der Waals surface area (Å²) < 4.78 is 22.0. The highest BCUT2D eigenvalue weighted by Gasteiger charge is 2.42. The minimum absolute atomic E-state index is 0.311. The summed E-state index contributed by atoms with van der Waals surface area (Å²) in [6, 6.07) is 15.0. The van der Waals surface area contributed by atoms with Gasteiger partial charge < -0.3 is 9.64 Å². The predicted molar refractivity (Wildman–Crippen MR) is 120 cm³/mol. The van der Waals surface area contributed by atoms with Crippen molar-refractivity contribution in [2.45, 2.75) is 19.4 Å². The van der Waals surface area contributed by atoms with E-state index in [0.29, 0.717) is 22.4 Å². The van der Waals surface area contributed by atoms with Crippen molar-refractivity contribution in [2.24, 2.45) is 5.41 Å². The minimum atomic E-state index is -0.311. The SMILES string of the molecule is COc1ccc(-c2nn(-c3ccccc3)cc2CN2CCC3(CCN(C)C3)C2)c(F)c1. The van der Waals surface area contributed by atoms with E-state index < -0.39 is 0 Å². The van der Waals surface area contributed by atoms with Crippen molar-refractivity contribution in [3.05, 3.63) is 66.1 Å². The molecule has 3 heterocycles. The third-order valence-electron chi connectivity index (χ3n) is 6.78. The molecule has 0 radical (unpaired) electrons. The number of ether oxygens (including phenoxy) is 1. The van der Waals surface area contributed by atoms with Gasteiger partial charge in [0.05, 0.1) is 12.8 Å². The Morgan fingerprint density at radius 2 is 1.87 bits per heavy atom. The van der Waals surface area contributed by atoms with Gasteiger partial charge in [-0.3, -0.25) is 4.90 Å². The number of nitrogens with zero attached hydrogens (tertiary/aromatic N) is 4. The van der Waals surface area contributed by atoms with Crippen LogP contribution in [0.25, 0.3) is 16.9 Å². The van der Waals surface area contributed by atoms with Crippen LogP contribution in [0, 0.1) is 11.2 Å². The highest BCUT2D eigenvalue weighted by Crippen LogP contribution is 2.40. The minimum Gasteiger partial charge on any atom is -0.497 e. The summed E-state index contributed by atoms with van der Waals surface area (Å²) in [5.74, 6) is 0.200. The van der Waals surface area contributed by atoms with Gasteiger partial charge in [0, 0.05) is 43.0 Å². The molecule has 1 unspecified atom stereocenters. The van der Waals surface area contributed by atoms with Crippen molar-refractivity contribution in [3.8, 4) is 22.7 Å². The largest absolute Gasteiger partial charge is 0.497 e. The highest BCUT2D eigenvalue weighted by atomic mass is 19.1. The van der Waals surface area contributed by atoms with Gasteiger partial charge in [-0.15, -0.1) is 0 Å². The Hall–Kier alpha value is -2.70. The Balaban J connectivity index is 1.48. The summed E-state index contributed by atoms with van der Waals surface area (Å²) in [4.78, 5) is 4.95. The Morgan fingerprint density at radius 1 is 1.06 bits per heavy atom. The van der Waals surface area contributed by atoms with Crippen molar-refractivity contribution < 1.29 is 9.13 Å². The first kappa shape index (κ1) is 20.2. The lowest BCUT2D eigenvalue weighted by molar-refractivity contribution is 0.251. The molecule has 1 spiro atoms. The third kappa shape index (κ3) is 3.98. The van der Waals surface area contributed by atoms with Gasteiger partial charge in [-0.2, -0.15) is 5.10 Å². The van der Waals surface area contributed by atoms with Crippen molar-refractivity contribution in [2.75, 3.05) is 40.3 Å². The summed E-state index contributed by atoms with van der Waals surface area (Å²) in [6.07, 6.45) is 4.56. The number of hydrogen-bond donors (Lipinski definition) is 0. The normalized spacial score (nSPS) is 21.9. The number of aromatic nitrogens is 2. The van der Waals surface area contributed by atoms with E-state index in [4.69, 9.17) is 9.84 Å². The van der Waals surface area contributed by atoms with Crippen LogP contribution in [0.15, 0.2) is 54.7 Å². The fraction of sp³-hybridized carbons (Fsp3) is 0.400. The van der Waals surface area contributed by atoms with E-state index in [0.717, 1.165) is 30.9 Å². The zero-order chi connectivity index (χ0) is 21.4. The maximum atomic E-state index is 15.0. The molecule has 0 N–H and O–H groups in total. The van der Waals surface area contributed by atoms with E-state index in [1.165, 1.54) is 32.0 Å². The average molecular weight is 421 g/mol. The van der Waals surface area contributed by atoms with Crippen molar-refractivity contribution >= 4 is 0 Å². The van der Waals surface area contributed by atoms with Gasteiger partial charge in [-0.25, -0.2) is 9.07 Å². The average Bonchev–Trinajstić information content (AvgIpc) is 3.48. The number of hydrogen-bond acceptors (Lipinski definition) is 4. The number of rotatable bonds is 5. The fourth-order valence-corrected chi connectivity index (χ4v) is 5.18. The number of likely N-dealkylation sites (tertiary alicyclic amines) is 2. The lowest BCUT2D eigenvalue weighted by Crippen LogP contribution is -2.29. The standard InChI is InChI=1S/C25H29FN4O/c1-28-12-10-25(17-28)11-13-29(18-25)15-19-16-30(20-6-4-3-5-7-20)27-24(19)22-9-8-21(31-2)14-23(22)26/h3-9,14,16H,10-13,15,17-18H2,1-2H3. The molecular formula is C25H29FN4O. The van der Waals surface area contributed by atoms with Gasteiger partial charge in [0.1, 0.15) is 17.3 Å². The molecule has 3 aromatic rings. The van der Waals surface area contributed by atoms with E-state index in [2.05, 4.69) is 23.0 Å². The van der Waals surface area contributed by atoms with Crippen LogP contribution in [0.3, 0.4) is 0 Å². The smallest absolute Gasteiger partial charge is 0.136 e. The lowest BCUT2D eigenvalue weighted by atomic mass is 9.86. The van der Waals surface area contributed by atoms with Gasteiger partial charge in [-0.05, 0) is 62.7 Å². The molecule has 0 amide bonds. The fourth-order valence-electron chi connectivity index (χ4n) is 5.18. The van der Waals surface area contributed by atoms with Crippen LogP contribution < -0.4 is 4.74 Å². The monoisotopic (exact) mass is 420 g/mol. The second-order valence-electron chi connectivity index (χ2n) is 9.08. The molecular weight excluding hydrogens is 391 g/mol. The topological polar surface area (TPSA) is 33.5 Å². The molecule has 0 aliphatic carbocycles. The maximum absolute atomic E-state index is 15.0. The second kappa shape index (κ2) is 8.09. The van der Waals surface area contributed by atoms with Gasteiger partial charge >= 0.3 is 0 Å². The Bertz CT molecular complexity index is 1070. The van der Waals surface area contributed by atoms with Crippen LogP contribution in [0.1, 0.15) is 18.4 Å². The molecule has 1 aromatic heterocycles. The molecule has 0 saturated carbocycles. The molecule has 2 aliphatic rings. The summed E-state index contributed by atoms with van der Waals surface area (Å²) in [7, 11) is 3.76.